The number of amides is 1. The topological polar surface area (TPSA) is 88.0 Å². The van der Waals surface area contributed by atoms with Crippen molar-refractivity contribution < 1.29 is 37.7 Å². The van der Waals surface area contributed by atoms with Crippen LogP contribution in [-0.4, -0.2) is 48.8 Å². The van der Waals surface area contributed by atoms with E-state index < -0.39 is 17.9 Å². The van der Waals surface area contributed by atoms with Crippen molar-refractivity contribution in [3.63, 3.8) is 0 Å². The third-order valence-electron chi connectivity index (χ3n) is 2.86. The zero-order valence-corrected chi connectivity index (χ0v) is 11.9. The molecule has 1 amide bonds. The molecule has 0 spiro atoms. The highest BCUT2D eigenvalue weighted by molar-refractivity contribution is 5.83. The van der Waals surface area contributed by atoms with Gasteiger partial charge in [0.25, 0.3) is 5.91 Å². The molecule has 0 atom stereocenters. The lowest BCUT2D eigenvalue weighted by Gasteiger charge is -2.23. The number of hydrogen-bond donors (Lipinski definition) is 3. The molecule has 22 heavy (non-hydrogen) atoms. The van der Waals surface area contributed by atoms with Crippen LogP contribution in [0.3, 0.4) is 0 Å². The summed E-state index contributed by atoms with van der Waals surface area (Å²) in [6.45, 7) is -0.215. The highest BCUT2D eigenvalue weighted by Crippen LogP contribution is 2.29. The number of methoxy groups -OCH3 is 2. The van der Waals surface area contributed by atoms with Crippen molar-refractivity contribution in [2.24, 2.45) is 0 Å². The summed E-state index contributed by atoms with van der Waals surface area (Å²) in [6.07, 6.45) is -5.31. The molecule has 0 saturated heterocycles. The summed E-state index contributed by atoms with van der Waals surface area (Å²) in [5.41, 5.74) is 0.659. The van der Waals surface area contributed by atoms with Crippen molar-refractivity contribution in [1.29, 1.82) is 0 Å². The van der Waals surface area contributed by atoms with E-state index in [-0.39, 0.29) is 13.0 Å². The van der Waals surface area contributed by atoms with E-state index in [2.05, 4.69) is 0 Å². The lowest BCUT2D eigenvalue weighted by atomic mass is 10.1. The molecule has 3 N–H and O–H groups in total. The van der Waals surface area contributed by atoms with E-state index >= 15 is 0 Å². The van der Waals surface area contributed by atoms with E-state index in [1.807, 2.05) is 5.32 Å². The summed E-state index contributed by atoms with van der Waals surface area (Å²) < 4.78 is 46.8. The minimum Gasteiger partial charge on any atom is -0.493 e. The second-order valence-corrected chi connectivity index (χ2v) is 4.37. The Hall–Kier alpha value is -2.00. The van der Waals surface area contributed by atoms with Gasteiger partial charge in [-0.2, -0.15) is 13.2 Å². The minimum absolute atomic E-state index is 0.167. The van der Waals surface area contributed by atoms with Gasteiger partial charge in [-0.1, -0.05) is 6.07 Å². The molecular formula is C13H16F3NO5. The summed E-state index contributed by atoms with van der Waals surface area (Å²) in [5, 5.41) is 19.3. The molecule has 1 aromatic carbocycles. The molecule has 0 saturated carbocycles. The van der Waals surface area contributed by atoms with Crippen LogP contribution in [0.15, 0.2) is 18.2 Å². The van der Waals surface area contributed by atoms with Gasteiger partial charge in [-0.15, -0.1) is 0 Å². The van der Waals surface area contributed by atoms with Crippen molar-refractivity contribution in [1.82, 2.24) is 5.32 Å². The number of hydrogen-bond acceptors (Lipinski definition) is 5. The average Bonchev–Trinajstić information content (AvgIpc) is 2.45. The number of alkyl halides is 3. The first-order valence-electron chi connectivity index (χ1n) is 6.14. The van der Waals surface area contributed by atoms with Crippen LogP contribution in [0.2, 0.25) is 0 Å². The van der Waals surface area contributed by atoms with Gasteiger partial charge in [-0.05, 0) is 24.1 Å². The summed E-state index contributed by atoms with van der Waals surface area (Å²) in [5.74, 6) is -5.43. The molecule has 0 bridgehead atoms. The molecule has 6 nitrogen and oxygen atoms in total. The molecule has 0 aliphatic heterocycles. The van der Waals surface area contributed by atoms with Crippen LogP contribution in [0.25, 0.3) is 0 Å². The maximum absolute atomic E-state index is 12.2. The first-order chi connectivity index (χ1) is 10.1. The summed E-state index contributed by atoms with van der Waals surface area (Å²) in [4.78, 5) is 11.1. The first-order valence-corrected chi connectivity index (χ1v) is 6.14. The third-order valence-corrected chi connectivity index (χ3v) is 2.86. The predicted octanol–water partition coefficient (Wildman–Crippen LogP) is 0.606. The Balaban J connectivity index is 2.63. The van der Waals surface area contributed by atoms with Crippen LogP contribution in [0.5, 0.6) is 11.5 Å². The molecule has 0 unspecified atom stereocenters. The standard InChI is InChI=1S/C13H16F3NO5/c1-21-9-4-3-8(7-10(9)22-2)5-6-17-11(18)12(19,20)13(14,15)16/h3-4,7,19-20H,5-6H2,1-2H3,(H,17,18). The smallest absolute Gasteiger partial charge is 0.453 e. The monoisotopic (exact) mass is 323 g/mol. The van der Waals surface area contributed by atoms with Crippen molar-refractivity contribution >= 4 is 5.91 Å². The fourth-order valence-electron chi connectivity index (χ4n) is 1.61. The second-order valence-electron chi connectivity index (χ2n) is 4.37. The molecule has 9 heteroatoms. The molecule has 0 aromatic heterocycles. The van der Waals surface area contributed by atoms with E-state index in [9.17, 15) is 18.0 Å². The van der Waals surface area contributed by atoms with E-state index in [0.717, 1.165) is 0 Å². The van der Waals surface area contributed by atoms with Crippen molar-refractivity contribution in [2.75, 3.05) is 20.8 Å². The fourth-order valence-corrected chi connectivity index (χ4v) is 1.61. The van der Waals surface area contributed by atoms with E-state index in [1.54, 1.807) is 18.2 Å². The van der Waals surface area contributed by atoms with E-state index in [1.165, 1.54) is 14.2 Å². The van der Waals surface area contributed by atoms with E-state index in [0.29, 0.717) is 17.1 Å². The molecule has 0 fully saturated rings. The largest absolute Gasteiger partial charge is 0.493 e. The van der Waals surface area contributed by atoms with Gasteiger partial charge in [0.2, 0.25) is 0 Å². The minimum atomic E-state index is -5.47. The number of aliphatic hydroxyl groups is 2. The van der Waals surface area contributed by atoms with Crippen LogP contribution in [0.1, 0.15) is 5.56 Å². The van der Waals surface area contributed by atoms with Gasteiger partial charge in [0.15, 0.2) is 11.5 Å². The number of nitrogens with one attached hydrogen (secondary N) is 1. The Morgan fingerprint density at radius 3 is 2.27 bits per heavy atom. The number of carbonyl (C=O) groups excluding carboxylic acids is 1. The van der Waals surface area contributed by atoms with Gasteiger partial charge in [0.1, 0.15) is 0 Å². The van der Waals surface area contributed by atoms with E-state index in [4.69, 9.17) is 19.7 Å². The van der Waals surface area contributed by atoms with Crippen LogP contribution in [0.4, 0.5) is 13.2 Å². The maximum Gasteiger partial charge on any atom is 0.453 e. The van der Waals surface area contributed by atoms with Gasteiger partial charge in [-0.3, -0.25) is 4.79 Å². The Labute approximate surface area is 124 Å². The lowest BCUT2D eigenvalue weighted by Crippen LogP contribution is -2.57. The molecule has 0 radical (unpaired) electrons. The number of rotatable bonds is 6. The van der Waals surface area contributed by atoms with Crippen LogP contribution in [-0.2, 0) is 11.2 Å². The zero-order valence-electron chi connectivity index (χ0n) is 11.9. The van der Waals surface area contributed by atoms with Crippen molar-refractivity contribution in [2.45, 2.75) is 18.4 Å². The molecule has 1 aromatic rings. The second kappa shape index (κ2) is 6.84. The van der Waals surface area contributed by atoms with Gasteiger partial charge < -0.3 is 25.0 Å². The normalized spacial score (nSPS) is 12.0. The Bertz CT molecular complexity index is 531. The predicted molar refractivity (Wildman–Crippen MR) is 69.5 cm³/mol. The van der Waals surface area contributed by atoms with Gasteiger partial charge in [-0.25, -0.2) is 0 Å². The Morgan fingerprint density at radius 2 is 1.77 bits per heavy atom. The van der Waals surface area contributed by atoms with Gasteiger partial charge in [0, 0.05) is 6.54 Å². The Kier molecular flexibility index (Phi) is 5.61. The fraction of sp³-hybridized carbons (Fsp3) is 0.462. The highest BCUT2D eigenvalue weighted by atomic mass is 19.4. The summed E-state index contributed by atoms with van der Waals surface area (Å²) in [6, 6.07) is 4.84. The third kappa shape index (κ3) is 4.01. The molecule has 0 heterocycles. The van der Waals surface area contributed by atoms with Crippen molar-refractivity contribution in [3.05, 3.63) is 23.8 Å². The number of benzene rings is 1. The first kappa shape index (κ1) is 18.1. The number of ether oxygens (including phenoxy) is 2. The van der Waals surface area contributed by atoms with Crippen molar-refractivity contribution in [3.8, 4) is 11.5 Å². The SMILES string of the molecule is COc1ccc(CCNC(=O)C(O)(O)C(F)(F)F)cc1OC. The molecule has 124 valence electrons. The zero-order chi connectivity index (χ0) is 17.0. The molecule has 0 aliphatic rings. The van der Waals surface area contributed by atoms with Crippen LogP contribution in [0, 0.1) is 0 Å². The lowest BCUT2D eigenvalue weighted by molar-refractivity contribution is -0.328. The number of halogens is 3. The van der Waals surface area contributed by atoms with Crippen LogP contribution >= 0.6 is 0 Å². The van der Waals surface area contributed by atoms with Crippen LogP contribution < -0.4 is 14.8 Å². The molecule has 0 aliphatic carbocycles. The summed E-state index contributed by atoms with van der Waals surface area (Å²) in [7, 11) is 2.88. The molecular weight excluding hydrogens is 307 g/mol. The maximum atomic E-state index is 12.2. The number of carbonyl (C=O) groups is 1. The molecule has 1 rings (SSSR count). The highest BCUT2D eigenvalue weighted by Gasteiger charge is 2.58. The average molecular weight is 323 g/mol. The van der Waals surface area contributed by atoms with Gasteiger partial charge in [0.05, 0.1) is 14.2 Å². The quantitative estimate of drug-likeness (QED) is 0.668. The Morgan fingerprint density at radius 1 is 1.18 bits per heavy atom. The van der Waals surface area contributed by atoms with Gasteiger partial charge >= 0.3 is 12.0 Å². The summed E-state index contributed by atoms with van der Waals surface area (Å²) >= 11 is 0.